The Hall–Kier alpha value is -0.570. The van der Waals surface area contributed by atoms with E-state index in [9.17, 15) is 4.79 Å². The third-order valence-electron chi connectivity index (χ3n) is 3.73. The molecule has 0 aromatic heterocycles. The fraction of sp³-hybridized carbons (Fsp3) is 0.938. The van der Waals surface area contributed by atoms with E-state index in [0.717, 1.165) is 12.8 Å². The van der Waals surface area contributed by atoms with E-state index in [-0.39, 0.29) is 11.9 Å². The van der Waals surface area contributed by atoms with Crippen LogP contribution in [0.5, 0.6) is 0 Å². The van der Waals surface area contributed by atoms with E-state index in [1.165, 1.54) is 64.9 Å². The summed E-state index contributed by atoms with van der Waals surface area (Å²) in [7, 11) is 1.43. The molecule has 0 aliphatic heterocycles. The molecule has 0 saturated heterocycles. The zero-order valence-corrected chi connectivity index (χ0v) is 13.0. The van der Waals surface area contributed by atoms with Crippen molar-refractivity contribution in [2.24, 2.45) is 11.7 Å². The zero-order chi connectivity index (χ0) is 14.3. The van der Waals surface area contributed by atoms with E-state index in [1.54, 1.807) is 0 Å². The van der Waals surface area contributed by atoms with Crippen molar-refractivity contribution in [2.75, 3.05) is 13.7 Å². The van der Waals surface area contributed by atoms with Gasteiger partial charge in [-0.05, 0) is 6.42 Å². The van der Waals surface area contributed by atoms with Crippen molar-refractivity contribution in [3.63, 3.8) is 0 Å². The summed E-state index contributed by atoms with van der Waals surface area (Å²) in [5.74, 6) is -0.252. The molecule has 114 valence electrons. The molecule has 0 heterocycles. The van der Waals surface area contributed by atoms with Crippen LogP contribution in [0.15, 0.2) is 0 Å². The molecule has 0 aromatic rings. The topological polar surface area (TPSA) is 52.3 Å². The number of unbranched alkanes of at least 4 members (excludes halogenated alkanes) is 9. The lowest BCUT2D eigenvalue weighted by Gasteiger charge is -2.11. The Labute approximate surface area is 119 Å². The Morgan fingerprint density at radius 3 is 1.84 bits per heavy atom. The van der Waals surface area contributed by atoms with Gasteiger partial charge in [-0.25, -0.2) is 0 Å². The first-order valence-corrected chi connectivity index (χ1v) is 8.04. The average molecular weight is 271 g/mol. The van der Waals surface area contributed by atoms with Gasteiger partial charge < -0.3 is 10.5 Å². The van der Waals surface area contributed by atoms with Crippen LogP contribution < -0.4 is 5.73 Å². The molecule has 0 fully saturated rings. The van der Waals surface area contributed by atoms with Gasteiger partial charge in [0.05, 0.1) is 13.0 Å². The quantitative estimate of drug-likeness (QED) is 0.406. The number of hydrogen-bond donors (Lipinski definition) is 1. The van der Waals surface area contributed by atoms with Crippen molar-refractivity contribution >= 4 is 5.97 Å². The van der Waals surface area contributed by atoms with E-state index < -0.39 is 0 Å². The maximum Gasteiger partial charge on any atom is 0.309 e. The third-order valence-corrected chi connectivity index (χ3v) is 3.73. The van der Waals surface area contributed by atoms with E-state index in [2.05, 4.69) is 6.92 Å². The van der Waals surface area contributed by atoms with Crippen molar-refractivity contribution in [1.29, 1.82) is 0 Å². The molecule has 0 bridgehead atoms. The molecule has 0 aliphatic rings. The van der Waals surface area contributed by atoms with Gasteiger partial charge in [-0.15, -0.1) is 0 Å². The Balaban J connectivity index is 3.28. The maximum atomic E-state index is 11.3. The van der Waals surface area contributed by atoms with E-state index >= 15 is 0 Å². The summed E-state index contributed by atoms with van der Waals surface area (Å²) in [5.41, 5.74) is 5.57. The minimum atomic E-state index is -0.154. The van der Waals surface area contributed by atoms with Gasteiger partial charge in [-0.2, -0.15) is 0 Å². The van der Waals surface area contributed by atoms with Crippen LogP contribution in [-0.4, -0.2) is 19.6 Å². The molecule has 3 heteroatoms. The summed E-state index contributed by atoms with van der Waals surface area (Å²) in [4.78, 5) is 11.3. The highest BCUT2D eigenvalue weighted by molar-refractivity contribution is 5.72. The zero-order valence-electron chi connectivity index (χ0n) is 13.0. The molecule has 1 atom stereocenters. The minimum absolute atomic E-state index is 0.0981. The Morgan fingerprint density at radius 1 is 0.947 bits per heavy atom. The van der Waals surface area contributed by atoms with Gasteiger partial charge in [0.1, 0.15) is 0 Å². The minimum Gasteiger partial charge on any atom is -0.469 e. The fourth-order valence-corrected chi connectivity index (χ4v) is 2.38. The molecule has 3 nitrogen and oxygen atoms in total. The Bertz CT molecular complexity index is 207. The average Bonchev–Trinajstić information content (AvgIpc) is 2.44. The maximum absolute atomic E-state index is 11.3. The highest BCUT2D eigenvalue weighted by atomic mass is 16.5. The normalized spacial score (nSPS) is 12.4. The predicted octanol–water partition coefficient (Wildman–Crippen LogP) is 4.05. The molecule has 0 radical (unpaired) electrons. The van der Waals surface area contributed by atoms with Gasteiger partial charge in [-0.3, -0.25) is 4.79 Å². The Morgan fingerprint density at radius 2 is 1.42 bits per heavy atom. The number of esters is 1. The van der Waals surface area contributed by atoms with Crippen molar-refractivity contribution in [2.45, 2.75) is 77.6 Å². The predicted molar refractivity (Wildman–Crippen MR) is 81.0 cm³/mol. The molecule has 19 heavy (non-hydrogen) atoms. The summed E-state index contributed by atoms with van der Waals surface area (Å²) < 4.78 is 4.73. The van der Waals surface area contributed by atoms with Crippen LogP contribution in [0.4, 0.5) is 0 Å². The molecule has 1 unspecified atom stereocenters. The van der Waals surface area contributed by atoms with Crippen LogP contribution in [0.25, 0.3) is 0 Å². The number of carbonyl (C=O) groups is 1. The molecule has 0 spiro atoms. The van der Waals surface area contributed by atoms with Gasteiger partial charge in [0.15, 0.2) is 0 Å². The summed E-state index contributed by atoms with van der Waals surface area (Å²) in [6.45, 7) is 2.66. The fourth-order valence-electron chi connectivity index (χ4n) is 2.38. The van der Waals surface area contributed by atoms with Gasteiger partial charge >= 0.3 is 5.97 Å². The van der Waals surface area contributed by atoms with Gasteiger partial charge in [-0.1, -0.05) is 71.1 Å². The monoisotopic (exact) mass is 271 g/mol. The van der Waals surface area contributed by atoms with Crippen molar-refractivity contribution in [1.82, 2.24) is 0 Å². The lowest BCUT2D eigenvalue weighted by atomic mass is 10.00. The number of ether oxygens (including phenoxy) is 1. The summed E-state index contributed by atoms with van der Waals surface area (Å²) in [5, 5.41) is 0. The van der Waals surface area contributed by atoms with Crippen LogP contribution in [0.2, 0.25) is 0 Å². The second kappa shape index (κ2) is 13.9. The summed E-state index contributed by atoms with van der Waals surface area (Å²) in [6.07, 6.45) is 14.0. The first kappa shape index (κ1) is 18.4. The molecule has 0 saturated carbocycles. The van der Waals surface area contributed by atoms with E-state index in [0.29, 0.717) is 6.54 Å². The molecular weight excluding hydrogens is 238 g/mol. The number of rotatable bonds is 13. The standard InChI is InChI=1S/C16H33NO2/c1-3-4-5-6-7-8-9-10-11-12-13-15(14-17)16(18)19-2/h15H,3-14,17H2,1-2H3. The molecule has 0 aromatic carbocycles. The van der Waals surface area contributed by atoms with Crippen LogP contribution in [0.1, 0.15) is 77.6 Å². The highest BCUT2D eigenvalue weighted by Gasteiger charge is 2.16. The largest absolute Gasteiger partial charge is 0.469 e. The van der Waals surface area contributed by atoms with Gasteiger partial charge in [0.2, 0.25) is 0 Å². The smallest absolute Gasteiger partial charge is 0.309 e. The lowest BCUT2D eigenvalue weighted by molar-refractivity contribution is -0.145. The van der Waals surface area contributed by atoms with Crippen molar-refractivity contribution in [3.05, 3.63) is 0 Å². The second-order valence-corrected chi connectivity index (χ2v) is 5.43. The highest BCUT2D eigenvalue weighted by Crippen LogP contribution is 2.14. The first-order chi connectivity index (χ1) is 9.26. The van der Waals surface area contributed by atoms with E-state index in [4.69, 9.17) is 10.5 Å². The summed E-state index contributed by atoms with van der Waals surface area (Å²) >= 11 is 0. The van der Waals surface area contributed by atoms with Crippen LogP contribution >= 0.6 is 0 Å². The molecular formula is C16H33NO2. The molecule has 0 amide bonds. The van der Waals surface area contributed by atoms with Crippen LogP contribution in [0.3, 0.4) is 0 Å². The van der Waals surface area contributed by atoms with Crippen LogP contribution in [0, 0.1) is 5.92 Å². The van der Waals surface area contributed by atoms with E-state index in [1.807, 2.05) is 0 Å². The molecule has 0 aliphatic carbocycles. The number of carbonyl (C=O) groups excluding carboxylic acids is 1. The molecule has 2 N–H and O–H groups in total. The molecule has 0 rings (SSSR count). The Kier molecular flexibility index (Phi) is 13.4. The first-order valence-electron chi connectivity index (χ1n) is 8.04. The van der Waals surface area contributed by atoms with Crippen LogP contribution in [-0.2, 0) is 9.53 Å². The number of hydrogen-bond acceptors (Lipinski definition) is 3. The van der Waals surface area contributed by atoms with Gasteiger partial charge in [0.25, 0.3) is 0 Å². The SMILES string of the molecule is CCCCCCCCCCCCC(CN)C(=O)OC. The summed E-state index contributed by atoms with van der Waals surface area (Å²) in [6, 6.07) is 0. The lowest BCUT2D eigenvalue weighted by Crippen LogP contribution is -2.24. The number of nitrogens with two attached hydrogens (primary N) is 1. The third kappa shape index (κ3) is 11.0. The number of methoxy groups -OCH3 is 1. The van der Waals surface area contributed by atoms with Crippen molar-refractivity contribution in [3.8, 4) is 0 Å². The van der Waals surface area contributed by atoms with Gasteiger partial charge in [0, 0.05) is 6.54 Å². The second-order valence-electron chi connectivity index (χ2n) is 5.43. The van der Waals surface area contributed by atoms with Crippen molar-refractivity contribution < 1.29 is 9.53 Å².